The largest absolute Gasteiger partial charge is 0.494 e. The Labute approximate surface area is 177 Å². The van der Waals surface area contributed by atoms with Crippen molar-refractivity contribution in [3.05, 3.63) is 48.5 Å². The molecule has 2 aromatic carbocycles. The molecule has 2 N–H and O–H groups in total. The van der Waals surface area contributed by atoms with Gasteiger partial charge in [-0.2, -0.15) is 0 Å². The zero-order valence-electron chi connectivity index (χ0n) is 18.4. The number of nitrogens with one attached hydrogen (secondary N) is 2. The van der Waals surface area contributed by atoms with Gasteiger partial charge in [-0.1, -0.05) is 46.1 Å². The highest BCUT2D eigenvalue weighted by molar-refractivity contribution is 5.49. The molecule has 4 heteroatoms. The van der Waals surface area contributed by atoms with Gasteiger partial charge in [0.15, 0.2) is 0 Å². The normalized spacial score (nSPS) is 10.8. The number of anilines is 2. The summed E-state index contributed by atoms with van der Waals surface area (Å²) in [6, 6.07) is 16.4. The molecule has 0 atom stereocenters. The fraction of sp³-hybridized carbons (Fsp3) is 0.520. The van der Waals surface area contributed by atoms with Crippen molar-refractivity contribution in [2.45, 2.75) is 52.9 Å². The van der Waals surface area contributed by atoms with Gasteiger partial charge in [0, 0.05) is 30.5 Å². The molecule has 0 radical (unpaired) electrons. The van der Waals surface area contributed by atoms with Crippen LogP contribution in [0.3, 0.4) is 0 Å². The second-order valence-electron chi connectivity index (χ2n) is 7.85. The molecule has 4 nitrogen and oxygen atoms in total. The topological polar surface area (TPSA) is 42.5 Å². The molecule has 0 saturated heterocycles. The zero-order valence-corrected chi connectivity index (χ0v) is 18.4. The van der Waals surface area contributed by atoms with E-state index in [9.17, 15) is 0 Å². The van der Waals surface area contributed by atoms with Gasteiger partial charge in [0.25, 0.3) is 0 Å². The van der Waals surface area contributed by atoms with Gasteiger partial charge in [-0.15, -0.1) is 0 Å². The van der Waals surface area contributed by atoms with E-state index in [1.165, 1.54) is 19.3 Å². The molecule has 0 aliphatic heterocycles. The van der Waals surface area contributed by atoms with Crippen LogP contribution < -0.4 is 20.1 Å². The number of unbranched alkanes of at least 4 members (excludes halogenated alkanes) is 3. The molecular formula is C25H38N2O2. The van der Waals surface area contributed by atoms with Crippen molar-refractivity contribution in [2.24, 2.45) is 5.92 Å². The molecule has 0 bridgehead atoms. The third-order valence-electron chi connectivity index (χ3n) is 4.70. The molecule has 29 heavy (non-hydrogen) atoms. The lowest BCUT2D eigenvalue weighted by molar-refractivity contribution is 0.289. The fourth-order valence-corrected chi connectivity index (χ4v) is 2.91. The van der Waals surface area contributed by atoms with Crippen molar-refractivity contribution in [3.63, 3.8) is 0 Å². The molecule has 0 fully saturated rings. The first-order valence-corrected chi connectivity index (χ1v) is 11.1. The summed E-state index contributed by atoms with van der Waals surface area (Å²) in [5.74, 6) is 2.54. The predicted octanol–water partition coefficient (Wildman–Crippen LogP) is 6.59. The van der Waals surface area contributed by atoms with Gasteiger partial charge in [0.2, 0.25) is 0 Å². The summed E-state index contributed by atoms with van der Waals surface area (Å²) in [5, 5.41) is 6.88. The van der Waals surface area contributed by atoms with Gasteiger partial charge in [0.1, 0.15) is 11.5 Å². The van der Waals surface area contributed by atoms with E-state index in [1.807, 2.05) is 24.3 Å². The lowest BCUT2D eigenvalue weighted by Gasteiger charge is -2.12. The van der Waals surface area contributed by atoms with E-state index in [0.717, 1.165) is 62.0 Å². The maximum Gasteiger partial charge on any atom is 0.121 e. The molecule has 0 aromatic heterocycles. The predicted molar refractivity (Wildman–Crippen MR) is 124 cm³/mol. The van der Waals surface area contributed by atoms with Crippen LogP contribution in [-0.4, -0.2) is 26.3 Å². The van der Waals surface area contributed by atoms with Crippen LogP contribution in [0.1, 0.15) is 52.9 Å². The Kier molecular flexibility index (Phi) is 10.9. The maximum atomic E-state index is 5.85. The highest BCUT2D eigenvalue weighted by Crippen LogP contribution is 2.18. The van der Waals surface area contributed by atoms with E-state index < -0.39 is 0 Å². The molecular weight excluding hydrogens is 360 g/mol. The van der Waals surface area contributed by atoms with Crippen LogP contribution in [0, 0.1) is 5.92 Å². The summed E-state index contributed by atoms with van der Waals surface area (Å²) in [6.45, 7) is 9.90. The van der Waals surface area contributed by atoms with Crippen molar-refractivity contribution in [3.8, 4) is 11.5 Å². The average Bonchev–Trinajstić information content (AvgIpc) is 2.72. The van der Waals surface area contributed by atoms with Crippen molar-refractivity contribution >= 4 is 11.4 Å². The molecule has 0 unspecified atom stereocenters. The molecule has 160 valence electrons. The van der Waals surface area contributed by atoms with Crippen LogP contribution in [0.25, 0.3) is 0 Å². The highest BCUT2D eigenvalue weighted by atomic mass is 16.5. The standard InChI is InChI=1S/C25H38N2O2/c1-4-5-6-7-18-28-25-10-8-9-23(20-25)27-17-16-26-22-11-13-24(14-12-22)29-19-15-21(2)3/h8-14,20-21,26-27H,4-7,15-19H2,1-3H3. The van der Waals surface area contributed by atoms with Crippen LogP contribution in [0.4, 0.5) is 11.4 Å². The van der Waals surface area contributed by atoms with Gasteiger partial charge in [-0.3, -0.25) is 0 Å². The SMILES string of the molecule is CCCCCCOc1cccc(NCCNc2ccc(OCCC(C)C)cc2)c1. The summed E-state index contributed by atoms with van der Waals surface area (Å²) in [7, 11) is 0. The van der Waals surface area contributed by atoms with Crippen molar-refractivity contribution < 1.29 is 9.47 Å². The highest BCUT2D eigenvalue weighted by Gasteiger charge is 1.99. The van der Waals surface area contributed by atoms with Gasteiger partial charge in [-0.05, 0) is 55.2 Å². The first-order valence-electron chi connectivity index (χ1n) is 11.1. The monoisotopic (exact) mass is 398 g/mol. The Balaban J connectivity index is 1.64. The van der Waals surface area contributed by atoms with Crippen molar-refractivity contribution in [1.82, 2.24) is 0 Å². The summed E-state index contributed by atoms with van der Waals surface area (Å²) in [5.41, 5.74) is 2.19. The number of hydrogen-bond donors (Lipinski definition) is 2. The summed E-state index contributed by atoms with van der Waals surface area (Å²) in [4.78, 5) is 0. The minimum atomic E-state index is 0.668. The minimum Gasteiger partial charge on any atom is -0.494 e. The first kappa shape index (κ1) is 22.9. The van der Waals surface area contributed by atoms with E-state index in [4.69, 9.17) is 9.47 Å². The molecule has 0 aliphatic carbocycles. The van der Waals surface area contributed by atoms with Crippen LogP contribution in [-0.2, 0) is 0 Å². The Morgan fingerprint density at radius 3 is 2.21 bits per heavy atom. The van der Waals surface area contributed by atoms with E-state index >= 15 is 0 Å². The molecule has 0 aliphatic rings. The third-order valence-corrected chi connectivity index (χ3v) is 4.70. The molecule has 0 amide bonds. The lowest BCUT2D eigenvalue weighted by atomic mass is 10.1. The van der Waals surface area contributed by atoms with Crippen molar-refractivity contribution in [1.29, 1.82) is 0 Å². The van der Waals surface area contributed by atoms with E-state index in [2.05, 4.69) is 55.7 Å². The summed E-state index contributed by atoms with van der Waals surface area (Å²) < 4.78 is 11.6. The molecule has 2 aromatic rings. The van der Waals surface area contributed by atoms with E-state index in [1.54, 1.807) is 0 Å². The zero-order chi connectivity index (χ0) is 20.7. The van der Waals surface area contributed by atoms with Crippen LogP contribution in [0.5, 0.6) is 11.5 Å². The molecule has 0 saturated carbocycles. The molecule has 2 rings (SSSR count). The second-order valence-corrected chi connectivity index (χ2v) is 7.85. The quantitative estimate of drug-likeness (QED) is 0.332. The Morgan fingerprint density at radius 2 is 1.48 bits per heavy atom. The fourth-order valence-electron chi connectivity index (χ4n) is 2.91. The number of benzene rings is 2. The van der Waals surface area contributed by atoms with Gasteiger partial charge in [-0.25, -0.2) is 0 Å². The minimum absolute atomic E-state index is 0.668. The van der Waals surface area contributed by atoms with Gasteiger partial charge < -0.3 is 20.1 Å². The van der Waals surface area contributed by atoms with Gasteiger partial charge >= 0.3 is 0 Å². The average molecular weight is 399 g/mol. The lowest BCUT2D eigenvalue weighted by Crippen LogP contribution is -2.13. The van der Waals surface area contributed by atoms with Crippen molar-refractivity contribution in [2.75, 3.05) is 36.9 Å². The Bertz CT molecular complexity index is 671. The molecule has 0 heterocycles. The molecule has 0 spiro atoms. The van der Waals surface area contributed by atoms with E-state index in [0.29, 0.717) is 5.92 Å². The van der Waals surface area contributed by atoms with Crippen LogP contribution in [0.2, 0.25) is 0 Å². The van der Waals surface area contributed by atoms with E-state index in [-0.39, 0.29) is 0 Å². The Morgan fingerprint density at radius 1 is 0.759 bits per heavy atom. The number of rotatable bonds is 15. The maximum absolute atomic E-state index is 5.85. The first-order chi connectivity index (χ1) is 14.2. The summed E-state index contributed by atoms with van der Waals surface area (Å²) in [6.07, 6.45) is 5.98. The Hall–Kier alpha value is -2.36. The number of hydrogen-bond acceptors (Lipinski definition) is 4. The van der Waals surface area contributed by atoms with Gasteiger partial charge in [0.05, 0.1) is 13.2 Å². The van der Waals surface area contributed by atoms with Crippen LogP contribution >= 0.6 is 0 Å². The third kappa shape index (κ3) is 10.1. The van der Waals surface area contributed by atoms with Crippen LogP contribution in [0.15, 0.2) is 48.5 Å². The number of ether oxygens (including phenoxy) is 2. The summed E-state index contributed by atoms with van der Waals surface area (Å²) >= 11 is 0. The smallest absolute Gasteiger partial charge is 0.121 e. The second kappa shape index (κ2) is 13.8.